The summed E-state index contributed by atoms with van der Waals surface area (Å²) in [5.74, 6) is -0.861. The highest BCUT2D eigenvalue weighted by atomic mass is 32.2. The summed E-state index contributed by atoms with van der Waals surface area (Å²) in [5, 5.41) is 4.11. The van der Waals surface area contributed by atoms with Crippen LogP contribution >= 0.6 is 0 Å². The van der Waals surface area contributed by atoms with Crippen molar-refractivity contribution in [3.05, 3.63) is 71.9 Å². The van der Waals surface area contributed by atoms with E-state index in [9.17, 15) is 13.2 Å². The minimum atomic E-state index is -3.58. The van der Waals surface area contributed by atoms with E-state index in [2.05, 4.69) is 5.10 Å². The Labute approximate surface area is 152 Å². The van der Waals surface area contributed by atoms with Crippen LogP contribution in [0.25, 0.3) is 11.3 Å². The second-order valence-corrected chi connectivity index (χ2v) is 7.77. The van der Waals surface area contributed by atoms with E-state index in [1.807, 2.05) is 6.07 Å². The third kappa shape index (κ3) is 3.52. The number of rotatable bonds is 5. The van der Waals surface area contributed by atoms with E-state index in [0.717, 1.165) is 11.3 Å². The van der Waals surface area contributed by atoms with Gasteiger partial charge in [0.05, 0.1) is 29.0 Å². The third-order valence-corrected chi connectivity index (χ3v) is 5.76. The van der Waals surface area contributed by atoms with Crippen LogP contribution in [-0.2, 0) is 27.4 Å². The Kier molecular flexibility index (Phi) is 4.90. The lowest BCUT2D eigenvalue weighted by molar-refractivity contribution is 0.0600. The molecule has 1 heterocycles. The molecule has 7 heteroatoms. The molecule has 0 atom stereocenters. The van der Waals surface area contributed by atoms with Gasteiger partial charge in [0.1, 0.15) is 0 Å². The molecule has 2 aromatic carbocycles. The zero-order valence-electron chi connectivity index (χ0n) is 14.4. The van der Waals surface area contributed by atoms with Gasteiger partial charge in [-0.25, -0.2) is 13.2 Å². The van der Waals surface area contributed by atoms with Crippen molar-refractivity contribution < 1.29 is 17.9 Å². The van der Waals surface area contributed by atoms with Crippen LogP contribution in [0.3, 0.4) is 0 Å². The first kappa shape index (κ1) is 17.9. The average molecular weight is 370 g/mol. The SMILES string of the molecule is COC(=O)c1cc(-c2ccnn2C)ccc1CS(=O)(=O)c1ccccc1. The number of methoxy groups -OCH3 is 1. The second-order valence-electron chi connectivity index (χ2n) is 5.78. The second kappa shape index (κ2) is 7.13. The number of aromatic nitrogens is 2. The van der Waals surface area contributed by atoms with Crippen LogP contribution in [0.1, 0.15) is 15.9 Å². The maximum Gasteiger partial charge on any atom is 0.338 e. The normalized spacial score (nSPS) is 11.3. The zero-order chi connectivity index (χ0) is 18.7. The molecule has 0 aliphatic rings. The van der Waals surface area contributed by atoms with E-state index in [1.54, 1.807) is 54.3 Å². The van der Waals surface area contributed by atoms with Crippen molar-refractivity contribution in [2.45, 2.75) is 10.6 Å². The van der Waals surface area contributed by atoms with Gasteiger partial charge >= 0.3 is 5.97 Å². The summed E-state index contributed by atoms with van der Waals surface area (Å²) in [6.07, 6.45) is 1.65. The monoisotopic (exact) mass is 370 g/mol. The largest absolute Gasteiger partial charge is 0.465 e. The Bertz CT molecular complexity index is 1040. The van der Waals surface area contributed by atoms with Crippen LogP contribution in [0.5, 0.6) is 0 Å². The fourth-order valence-corrected chi connectivity index (χ4v) is 4.13. The molecule has 26 heavy (non-hydrogen) atoms. The number of ether oxygens (including phenoxy) is 1. The lowest BCUT2D eigenvalue weighted by Gasteiger charge is -2.11. The first-order valence-corrected chi connectivity index (χ1v) is 9.55. The number of hydrogen-bond acceptors (Lipinski definition) is 5. The number of esters is 1. The van der Waals surface area contributed by atoms with Crippen molar-refractivity contribution in [2.75, 3.05) is 7.11 Å². The highest BCUT2D eigenvalue weighted by molar-refractivity contribution is 7.90. The van der Waals surface area contributed by atoms with Crippen LogP contribution in [0.2, 0.25) is 0 Å². The third-order valence-electron chi connectivity index (χ3n) is 4.08. The Morgan fingerprint density at radius 1 is 1.12 bits per heavy atom. The Morgan fingerprint density at radius 2 is 1.85 bits per heavy atom. The number of aryl methyl sites for hydroxylation is 1. The molecule has 3 aromatic rings. The number of hydrogen-bond donors (Lipinski definition) is 0. The van der Waals surface area contributed by atoms with E-state index in [4.69, 9.17) is 4.74 Å². The molecule has 3 rings (SSSR count). The molecule has 0 saturated carbocycles. The summed E-state index contributed by atoms with van der Waals surface area (Å²) in [6, 6.07) is 15.0. The van der Waals surface area contributed by atoms with Gasteiger partial charge in [-0.05, 0) is 29.8 Å². The van der Waals surface area contributed by atoms with Gasteiger partial charge < -0.3 is 4.74 Å². The summed E-state index contributed by atoms with van der Waals surface area (Å²) < 4.78 is 31.9. The van der Waals surface area contributed by atoms with Gasteiger partial charge in [-0.2, -0.15) is 5.10 Å². The number of benzene rings is 2. The molecular formula is C19H18N2O4S. The molecule has 0 unspecified atom stereocenters. The zero-order valence-corrected chi connectivity index (χ0v) is 15.2. The number of sulfone groups is 1. The van der Waals surface area contributed by atoms with Crippen molar-refractivity contribution in [3.63, 3.8) is 0 Å². The van der Waals surface area contributed by atoms with E-state index < -0.39 is 15.8 Å². The molecule has 0 saturated heterocycles. The summed E-state index contributed by atoms with van der Waals surface area (Å²) in [6.45, 7) is 0. The minimum Gasteiger partial charge on any atom is -0.465 e. The van der Waals surface area contributed by atoms with E-state index in [1.165, 1.54) is 19.2 Å². The highest BCUT2D eigenvalue weighted by Gasteiger charge is 2.21. The molecule has 6 nitrogen and oxygen atoms in total. The van der Waals surface area contributed by atoms with Gasteiger partial charge in [0.2, 0.25) is 0 Å². The van der Waals surface area contributed by atoms with E-state index in [-0.39, 0.29) is 16.2 Å². The van der Waals surface area contributed by atoms with Gasteiger partial charge in [-0.1, -0.05) is 30.3 Å². The molecular weight excluding hydrogens is 352 g/mol. The lowest BCUT2D eigenvalue weighted by Crippen LogP contribution is -2.11. The highest BCUT2D eigenvalue weighted by Crippen LogP contribution is 2.25. The van der Waals surface area contributed by atoms with Crippen molar-refractivity contribution >= 4 is 15.8 Å². The van der Waals surface area contributed by atoms with Crippen LogP contribution in [0.4, 0.5) is 0 Å². The summed E-state index contributed by atoms with van der Waals surface area (Å²) in [4.78, 5) is 12.4. The Morgan fingerprint density at radius 3 is 2.46 bits per heavy atom. The molecule has 0 spiro atoms. The number of carbonyl (C=O) groups is 1. The van der Waals surface area contributed by atoms with Crippen LogP contribution in [0, 0.1) is 0 Å². The molecule has 134 valence electrons. The number of carbonyl (C=O) groups excluding carboxylic acids is 1. The van der Waals surface area contributed by atoms with Gasteiger partial charge in [0.15, 0.2) is 9.84 Å². The first-order valence-electron chi connectivity index (χ1n) is 7.90. The molecule has 0 radical (unpaired) electrons. The van der Waals surface area contributed by atoms with E-state index >= 15 is 0 Å². The van der Waals surface area contributed by atoms with Gasteiger partial charge in [-0.3, -0.25) is 4.68 Å². The standard InChI is InChI=1S/C19H18N2O4S/c1-21-18(10-11-20-21)14-8-9-15(17(12-14)19(22)25-2)13-26(23,24)16-6-4-3-5-7-16/h3-12H,13H2,1-2H3. The Balaban J connectivity index is 2.04. The predicted molar refractivity (Wildman–Crippen MR) is 97.3 cm³/mol. The first-order chi connectivity index (χ1) is 12.4. The number of nitrogens with zero attached hydrogens (tertiary/aromatic N) is 2. The fourth-order valence-electron chi connectivity index (χ4n) is 2.73. The van der Waals surface area contributed by atoms with Crippen LogP contribution < -0.4 is 0 Å². The quantitative estimate of drug-likeness (QED) is 0.646. The van der Waals surface area contributed by atoms with Crippen LogP contribution in [-0.4, -0.2) is 31.3 Å². The van der Waals surface area contributed by atoms with E-state index in [0.29, 0.717) is 5.56 Å². The van der Waals surface area contributed by atoms with Gasteiger partial charge in [0.25, 0.3) is 0 Å². The smallest absolute Gasteiger partial charge is 0.338 e. The topological polar surface area (TPSA) is 78.3 Å². The summed E-state index contributed by atoms with van der Waals surface area (Å²) in [5.41, 5.74) is 2.19. The average Bonchev–Trinajstić information content (AvgIpc) is 3.08. The van der Waals surface area contributed by atoms with Crippen molar-refractivity contribution in [1.29, 1.82) is 0 Å². The molecule has 1 aromatic heterocycles. The maximum absolute atomic E-state index is 12.7. The molecule has 0 aliphatic carbocycles. The molecule has 0 amide bonds. The fraction of sp³-hybridized carbons (Fsp3) is 0.158. The van der Waals surface area contributed by atoms with Crippen molar-refractivity contribution in [1.82, 2.24) is 9.78 Å². The predicted octanol–water partition coefficient (Wildman–Crippen LogP) is 2.85. The summed E-state index contributed by atoms with van der Waals surface area (Å²) >= 11 is 0. The molecule has 0 aliphatic heterocycles. The maximum atomic E-state index is 12.7. The molecule has 0 N–H and O–H groups in total. The van der Waals surface area contributed by atoms with Crippen LogP contribution in [0.15, 0.2) is 65.7 Å². The van der Waals surface area contributed by atoms with Gasteiger partial charge in [-0.15, -0.1) is 0 Å². The summed E-state index contributed by atoms with van der Waals surface area (Å²) in [7, 11) is -0.513. The molecule has 0 bridgehead atoms. The molecule has 0 fully saturated rings. The van der Waals surface area contributed by atoms with Crippen molar-refractivity contribution in [2.24, 2.45) is 7.05 Å². The Hall–Kier alpha value is -2.93. The minimum absolute atomic E-state index is 0.214. The lowest BCUT2D eigenvalue weighted by atomic mass is 10.0. The van der Waals surface area contributed by atoms with Crippen molar-refractivity contribution in [3.8, 4) is 11.3 Å². The van der Waals surface area contributed by atoms with Gasteiger partial charge in [0, 0.05) is 18.8 Å².